The Hall–Kier alpha value is -3.53. The van der Waals surface area contributed by atoms with Crippen LogP contribution in [0, 0.1) is 0 Å². The van der Waals surface area contributed by atoms with Gasteiger partial charge in [0.15, 0.2) is 14.9 Å². The van der Waals surface area contributed by atoms with E-state index in [1.807, 2.05) is 0 Å². The summed E-state index contributed by atoms with van der Waals surface area (Å²) in [6.45, 7) is 0.559. The summed E-state index contributed by atoms with van der Waals surface area (Å²) < 4.78 is 36.4. The lowest BCUT2D eigenvalue weighted by Crippen LogP contribution is -2.32. The summed E-state index contributed by atoms with van der Waals surface area (Å²) in [5.41, 5.74) is 7.07. The molecule has 0 radical (unpaired) electrons. The fraction of sp³-hybridized carbons (Fsp3) is 0.200. The number of benzene rings is 2. The lowest BCUT2D eigenvalue weighted by Gasteiger charge is -2.10. The Kier molecular flexibility index (Phi) is 6.26. The molecule has 3 N–H and O–H groups in total. The summed E-state index contributed by atoms with van der Waals surface area (Å²) >= 11 is 0. The van der Waals surface area contributed by atoms with Gasteiger partial charge in [0.25, 0.3) is 0 Å². The molecule has 0 bridgehead atoms. The molecule has 0 aliphatic carbocycles. The maximum atomic E-state index is 12.1. The molecule has 1 heterocycles. The van der Waals surface area contributed by atoms with Gasteiger partial charge in [0.05, 0.1) is 25.0 Å². The van der Waals surface area contributed by atoms with Crippen LogP contribution in [0.3, 0.4) is 0 Å². The smallest absolute Gasteiger partial charge is 0.312 e. The molecule has 9 nitrogen and oxygen atoms in total. The van der Waals surface area contributed by atoms with E-state index in [1.165, 1.54) is 6.07 Å². The van der Waals surface area contributed by atoms with E-state index in [9.17, 15) is 13.2 Å². The van der Waals surface area contributed by atoms with E-state index in [-0.39, 0.29) is 11.6 Å². The van der Waals surface area contributed by atoms with Gasteiger partial charge in [0, 0.05) is 17.9 Å². The van der Waals surface area contributed by atoms with Crippen molar-refractivity contribution in [3.05, 3.63) is 54.6 Å². The van der Waals surface area contributed by atoms with Crippen molar-refractivity contribution in [1.82, 2.24) is 15.1 Å². The van der Waals surface area contributed by atoms with Gasteiger partial charge in [-0.15, -0.1) is 0 Å². The number of amides is 2. The number of sulfone groups is 1. The molecule has 0 saturated carbocycles. The molecular formula is C20H22N4O5S. The van der Waals surface area contributed by atoms with Gasteiger partial charge in [0.1, 0.15) is 18.1 Å². The molecule has 2 amide bonds. The lowest BCUT2D eigenvalue weighted by atomic mass is 10.1. The number of carbonyl (C=O) groups is 1. The van der Waals surface area contributed by atoms with Crippen LogP contribution >= 0.6 is 0 Å². The number of nitrogens with one attached hydrogen (secondary N) is 1. The van der Waals surface area contributed by atoms with E-state index >= 15 is 0 Å². The average Bonchev–Trinajstić information content (AvgIpc) is 3.17. The monoisotopic (exact) mass is 430 g/mol. The summed E-state index contributed by atoms with van der Waals surface area (Å²) in [5.74, 6) is 1.28. The number of hydrogen-bond acceptors (Lipinski definition) is 6. The summed E-state index contributed by atoms with van der Waals surface area (Å²) in [5, 5.41) is 6.71. The van der Waals surface area contributed by atoms with Crippen molar-refractivity contribution in [2.45, 2.75) is 5.03 Å². The molecule has 0 spiro atoms. The number of ether oxygens (including phenoxy) is 2. The predicted octanol–water partition coefficient (Wildman–Crippen LogP) is 2.00. The van der Waals surface area contributed by atoms with Crippen LogP contribution in [0.1, 0.15) is 0 Å². The van der Waals surface area contributed by atoms with Crippen LogP contribution in [0.2, 0.25) is 0 Å². The first-order chi connectivity index (χ1) is 14.3. The Morgan fingerprint density at radius 1 is 1.10 bits per heavy atom. The minimum Gasteiger partial charge on any atom is -0.497 e. The van der Waals surface area contributed by atoms with Crippen LogP contribution in [-0.4, -0.2) is 50.7 Å². The van der Waals surface area contributed by atoms with Crippen molar-refractivity contribution < 1.29 is 22.7 Å². The molecule has 1 aromatic heterocycles. The number of urea groups is 1. The first-order valence-corrected chi connectivity index (χ1v) is 10.9. The molecule has 0 unspecified atom stereocenters. The normalized spacial score (nSPS) is 11.1. The predicted molar refractivity (Wildman–Crippen MR) is 112 cm³/mol. The van der Waals surface area contributed by atoms with Crippen molar-refractivity contribution in [3.63, 3.8) is 0 Å². The molecule has 3 aromatic rings. The zero-order chi connectivity index (χ0) is 21.7. The maximum Gasteiger partial charge on any atom is 0.312 e. The molecule has 158 valence electrons. The topological polar surface area (TPSA) is 126 Å². The van der Waals surface area contributed by atoms with Gasteiger partial charge >= 0.3 is 6.03 Å². The highest BCUT2D eigenvalue weighted by atomic mass is 32.2. The number of carbonyl (C=O) groups excluding carboxylic acids is 1. The van der Waals surface area contributed by atoms with E-state index in [0.29, 0.717) is 29.4 Å². The Labute approximate surface area is 174 Å². The highest BCUT2D eigenvalue weighted by Gasteiger charge is 2.18. The van der Waals surface area contributed by atoms with Crippen LogP contribution < -0.4 is 20.5 Å². The van der Waals surface area contributed by atoms with Crippen LogP contribution in [-0.2, 0) is 9.84 Å². The standard InChI is InChI=1S/C20H22N4O5S/c1-28-16-9-5-15(6-10-16)24-18(13-19(23-24)30(2,26)27)14-3-7-17(8-4-14)29-12-11-22-20(21)25/h3-10,13H,11-12H2,1-2H3,(H3,21,22,25). The molecule has 10 heteroatoms. The van der Waals surface area contributed by atoms with E-state index in [0.717, 1.165) is 11.8 Å². The van der Waals surface area contributed by atoms with Crippen LogP contribution in [0.5, 0.6) is 11.5 Å². The Balaban J connectivity index is 1.90. The largest absolute Gasteiger partial charge is 0.497 e. The van der Waals surface area contributed by atoms with Gasteiger partial charge in [-0.3, -0.25) is 0 Å². The SMILES string of the molecule is COc1ccc(-n2nc(S(C)(=O)=O)cc2-c2ccc(OCCNC(N)=O)cc2)cc1. The third-order valence-corrected chi connectivity index (χ3v) is 5.16. The van der Waals surface area contributed by atoms with Gasteiger partial charge in [0.2, 0.25) is 0 Å². The van der Waals surface area contributed by atoms with Crippen molar-refractivity contribution >= 4 is 15.9 Å². The number of primary amides is 1. The van der Waals surface area contributed by atoms with Crippen molar-refractivity contribution in [1.29, 1.82) is 0 Å². The fourth-order valence-electron chi connectivity index (χ4n) is 2.73. The van der Waals surface area contributed by atoms with Gasteiger partial charge < -0.3 is 20.5 Å². The third kappa shape index (κ3) is 5.09. The van der Waals surface area contributed by atoms with Crippen molar-refractivity contribution in [2.75, 3.05) is 26.5 Å². The van der Waals surface area contributed by atoms with Gasteiger partial charge in [-0.1, -0.05) is 0 Å². The molecule has 2 aromatic carbocycles. The summed E-state index contributed by atoms with van der Waals surface area (Å²) in [6.07, 6.45) is 1.12. The molecular weight excluding hydrogens is 408 g/mol. The number of methoxy groups -OCH3 is 1. The molecule has 3 rings (SSSR count). The molecule has 0 aliphatic rings. The lowest BCUT2D eigenvalue weighted by molar-refractivity contribution is 0.244. The van der Waals surface area contributed by atoms with Crippen LogP contribution in [0.15, 0.2) is 59.6 Å². The number of aromatic nitrogens is 2. The van der Waals surface area contributed by atoms with Crippen LogP contribution in [0.4, 0.5) is 4.79 Å². The second-order valence-corrected chi connectivity index (χ2v) is 8.38. The molecule has 0 saturated heterocycles. The maximum absolute atomic E-state index is 12.1. The van der Waals surface area contributed by atoms with E-state index in [4.69, 9.17) is 15.2 Å². The Morgan fingerprint density at radius 2 is 1.73 bits per heavy atom. The zero-order valence-corrected chi connectivity index (χ0v) is 17.3. The number of rotatable bonds is 8. The van der Waals surface area contributed by atoms with Gasteiger partial charge in [-0.25, -0.2) is 17.9 Å². The van der Waals surface area contributed by atoms with Crippen molar-refractivity contribution in [2.24, 2.45) is 5.73 Å². The molecule has 0 fully saturated rings. The van der Waals surface area contributed by atoms with E-state index < -0.39 is 15.9 Å². The van der Waals surface area contributed by atoms with Crippen molar-refractivity contribution in [3.8, 4) is 28.4 Å². The minimum absolute atomic E-state index is 0.0221. The Morgan fingerprint density at radius 3 is 2.30 bits per heavy atom. The highest BCUT2D eigenvalue weighted by molar-refractivity contribution is 7.90. The second kappa shape index (κ2) is 8.87. The van der Waals surface area contributed by atoms with Gasteiger partial charge in [-0.2, -0.15) is 5.10 Å². The molecule has 30 heavy (non-hydrogen) atoms. The van der Waals surface area contributed by atoms with E-state index in [1.54, 1.807) is 60.3 Å². The highest BCUT2D eigenvalue weighted by Crippen LogP contribution is 2.28. The number of hydrogen-bond donors (Lipinski definition) is 2. The van der Waals surface area contributed by atoms with Crippen LogP contribution in [0.25, 0.3) is 16.9 Å². The summed E-state index contributed by atoms with van der Waals surface area (Å²) in [7, 11) is -1.92. The number of nitrogens with zero attached hydrogens (tertiary/aromatic N) is 2. The fourth-order valence-corrected chi connectivity index (χ4v) is 3.29. The quantitative estimate of drug-likeness (QED) is 0.527. The average molecular weight is 430 g/mol. The Bertz CT molecular complexity index is 1120. The summed E-state index contributed by atoms with van der Waals surface area (Å²) in [6, 6.07) is 15.2. The first-order valence-electron chi connectivity index (χ1n) is 8.99. The van der Waals surface area contributed by atoms with Gasteiger partial charge in [-0.05, 0) is 48.5 Å². The molecule has 0 aliphatic heterocycles. The first kappa shape index (κ1) is 21.2. The second-order valence-electron chi connectivity index (χ2n) is 6.41. The number of nitrogens with two attached hydrogens (primary N) is 1. The molecule has 0 atom stereocenters. The third-order valence-electron chi connectivity index (χ3n) is 4.20. The zero-order valence-electron chi connectivity index (χ0n) is 16.5. The summed E-state index contributed by atoms with van der Waals surface area (Å²) in [4.78, 5) is 10.7. The minimum atomic E-state index is -3.49. The van der Waals surface area contributed by atoms with E-state index in [2.05, 4.69) is 10.4 Å².